The van der Waals surface area contributed by atoms with Crippen LogP contribution in [0.1, 0.15) is 33.6 Å². The van der Waals surface area contributed by atoms with E-state index in [9.17, 15) is 4.79 Å². The van der Waals surface area contributed by atoms with E-state index in [-0.39, 0.29) is 11.9 Å². The summed E-state index contributed by atoms with van der Waals surface area (Å²) >= 11 is 0. The first-order valence-corrected chi connectivity index (χ1v) is 8.36. The molecular weight excluding hydrogens is 264 g/mol. The third-order valence-electron chi connectivity index (χ3n) is 4.90. The number of likely N-dealkylation sites (N-methyl/N-ethyl adjacent to an activating group) is 2. The Hall–Kier alpha value is -1.10. The lowest BCUT2D eigenvalue weighted by Gasteiger charge is -2.38. The molecule has 0 saturated carbocycles. The molecular formula is C16H30N4O. The van der Waals surface area contributed by atoms with Crippen molar-refractivity contribution in [3.63, 3.8) is 0 Å². The SMILES string of the molecule is CCN(CC)C(=O)C(C)N1CCCC(C2=NCCN2C)C1. The van der Waals surface area contributed by atoms with Crippen molar-refractivity contribution >= 4 is 11.7 Å². The van der Waals surface area contributed by atoms with Gasteiger partial charge in [0.05, 0.1) is 12.6 Å². The Morgan fingerprint density at radius 2 is 2.10 bits per heavy atom. The third kappa shape index (κ3) is 3.57. The van der Waals surface area contributed by atoms with Crippen molar-refractivity contribution in [3.05, 3.63) is 0 Å². The van der Waals surface area contributed by atoms with Crippen molar-refractivity contribution in [3.8, 4) is 0 Å². The number of aliphatic imine (C=N–C) groups is 1. The van der Waals surface area contributed by atoms with Crippen molar-refractivity contribution < 1.29 is 4.79 Å². The molecule has 5 heteroatoms. The van der Waals surface area contributed by atoms with Gasteiger partial charge in [0, 0.05) is 39.1 Å². The van der Waals surface area contributed by atoms with Gasteiger partial charge in [-0.05, 0) is 40.2 Å². The van der Waals surface area contributed by atoms with Crippen LogP contribution >= 0.6 is 0 Å². The highest BCUT2D eigenvalue weighted by Crippen LogP contribution is 2.23. The number of nitrogens with zero attached hydrogens (tertiary/aromatic N) is 4. The predicted octanol–water partition coefficient (Wildman–Crippen LogP) is 1.30. The second kappa shape index (κ2) is 7.25. The van der Waals surface area contributed by atoms with E-state index in [2.05, 4.69) is 42.6 Å². The molecule has 0 aromatic carbocycles. The van der Waals surface area contributed by atoms with Crippen LogP contribution in [0.5, 0.6) is 0 Å². The number of hydrogen-bond donors (Lipinski definition) is 0. The first-order valence-electron chi connectivity index (χ1n) is 8.36. The average molecular weight is 294 g/mol. The van der Waals surface area contributed by atoms with Crippen molar-refractivity contribution in [1.82, 2.24) is 14.7 Å². The number of amidine groups is 1. The molecule has 2 rings (SSSR count). The molecule has 2 unspecified atom stereocenters. The van der Waals surface area contributed by atoms with Crippen LogP contribution in [0, 0.1) is 5.92 Å². The van der Waals surface area contributed by atoms with Gasteiger partial charge in [-0.1, -0.05) is 0 Å². The van der Waals surface area contributed by atoms with E-state index in [4.69, 9.17) is 0 Å². The van der Waals surface area contributed by atoms with E-state index in [1.807, 2.05) is 4.90 Å². The Bertz CT molecular complexity index is 392. The molecule has 0 radical (unpaired) electrons. The zero-order chi connectivity index (χ0) is 15.4. The van der Waals surface area contributed by atoms with E-state index >= 15 is 0 Å². The van der Waals surface area contributed by atoms with Crippen LogP contribution in [0.15, 0.2) is 4.99 Å². The molecule has 0 aromatic rings. The Balaban J connectivity index is 1.98. The Labute approximate surface area is 129 Å². The summed E-state index contributed by atoms with van der Waals surface area (Å²) in [4.78, 5) is 23.8. The molecule has 0 aromatic heterocycles. The smallest absolute Gasteiger partial charge is 0.239 e. The first-order chi connectivity index (χ1) is 10.1. The molecule has 5 nitrogen and oxygen atoms in total. The van der Waals surface area contributed by atoms with Gasteiger partial charge in [-0.3, -0.25) is 14.7 Å². The van der Waals surface area contributed by atoms with Crippen LogP contribution < -0.4 is 0 Å². The highest BCUT2D eigenvalue weighted by atomic mass is 16.2. The lowest BCUT2D eigenvalue weighted by molar-refractivity contribution is -0.136. The maximum atomic E-state index is 12.5. The minimum atomic E-state index is -0.0139. The molecule has 0 N–H and O–H groups in total. The van der Waals surface area contributed by atoms with Gasteiger partial charge in [-0.15, -0.1) is 0 Å². The molecule has 0 aliphatic carbocycles. The molecule has 1 amide bonds. The van der Waals surface area contributed by atoms with Crippen LogP contribution in [0.2, 0.25) is 0 Å². The van der Waals surface area contributed by atoms with Gasteiger partial charge in [0.1, 0.15) is 5.84 Å². The highest BCUT2D eigenvalue weighted by molar-refractivity contribution is 5.86. The fourth-order valence-electron chi connectivity index (χ4n) is 3.52. The number of carbonyl (C=O) groups excluding carboxylic acids is 1. The van der Waals surface area contributed by atoms with Crippen LogP contribution in [0.4, 0.5) is 0 Å². The Morgan fingerprint density at radius 3 is 2.67 bits per heavy atom. The van der Waals surface area contributed by atoms with Crippen molar-refractivity contribution in [1.29, 1.82) is 0 Å². The van der Waals surface area contributed by atoms with Crippen molar-refractivity contribution in [2.45, 2.75) is 39.7 Å². The number of rotatable bonds is 5. The van der Waals surface area contributed by atoms with Gasteiger partial charge in [0.25, 0.3) is 0 Å². The summed E-state index contributed by atoms with van der Waals surface area (Å²) in [6, 6.07) is -0.0139. The van der Waals surface area contributed by atoms with Gasteiger partial charge in [0.2, 0.25) is 5.91 Å². The predicted molar refractivity (Wildman–Crippen MR) is 86.6 cm³/mol. The second-order valence-electron chi connectivity index (χ2n) is 6.18. The number of carbonyl (C=O) groups is 1. The van der Waals surface area contributed by atoms with E-state index in [0.29, 0.717) is 5.92 Å². The van der Waals surface area contributed by atoms with Gasteiger partial charge < -0.3 is 9.80 Å². The van der Waals surface area contributed by atoms with Gasteiger partial charge in [0.15, 0.2) is 0 Å². The van der Waals surface area contributed by atoms with Crippen molar-refractivity contribution in [2.24, 2.45) is 10.9 Å². The molecule has 0 bridgehead atoms. The van der Waals surface area contributed by atoms with E-state index in [1.165, 1.54) is 12.3 Å². The van der Waals surface area contributed by atoms with Crippen LogP contribution in [-0.2, 0) is 4.79 Å². The molecule has 2 atom stereocenters. The van der Waals surface area contributed by atoms with E-state index in [1.54, 1.807) is 0 Å². The maximum Gasteiger partial charge on any atom is 0.239 e. The number of hydrogen-bond acceptors (Lipinski definition) is 4. The summed E-state index contributed by atoms with van der Waals surface area (Å²) < 4.78 is 0. The summed E-state index contributed by atoms with van der Waals surface area (Å²) in [5, 5.41) is 0. The standard InChI is InChI=1S/C16H30N4O/c1-5-19(6-2)16(21)13(3)20-10-7-8-14(12-20)15-17-9-11-18(15)4/h13-14H,5-12H2,1-4H3. The molecule has 2 heterocycles. The quantitative estimate of drug-likeness (QED) is 0.767. The molecule has 1 fully saturated rings. The highest BCUT2D eigenvalue weighted by Gasteiger charge is 2.33. The maximum absolute atomic E-state index is 12.5. The fourth-order valence-corrected chi connectivity index (χ4v) is 3.52. The summed E-state index contributed by atoms with van der Waals surface area (Å²) in [5.41, 5.74) is 0. The van der Waals surface area contributed by atoms with Gasteiger partial charge in [-0.2, -0.15) is 0 Å². The third-order valence-corrected chi connectivity index (χ3v) is 4.90. The topological polar surface area (TPSA) is 39.2 Å². The lowest BCUT2D eigenvalue weighted by Crippen LogP contribution is -2.52. The minimum absolute atomic E-state index is 0.0139. The summed E-state index contributed by atoms with van der Waals surface area (Å²) in [6.45, 7) is 11.7. The fraction of sp³-hybridized carbons (Fsp3) is 0.875. The zero-order valence-electron chi connectivity index (χ0n) is 14.0. The number of piperidine rings is 1. The summed E-state index contributed by atoms with van der Waals surface area (Å²) in [5.74, 6) is 2.02. The molecule has 2 aliphatic rings. The average Bonchev–Trinajstić information content (AvgIpc) is 2.94. The molecule has 2 aliphatic heterocycles. The van der Waals surface area contributed by atoms with Crippen LogP contribution in [0.25, 0.3) is 0 Å². The molecule has 21 heavy (non-hydrogen) atoms. The van der Waals surface area contributed by atoms with Crippen LogP contribution in [0.3, 0.4) is 0 Å². The summed E-state index contributed by atoms with van der Waals surface area (Å²) in [6.07, 6.45) is 2.36. The van der Waals surface area contributed by atoms with Gasteiger partial charge >= 0.3 is 0 Å². The van der Waals surface area contributed by atoms with Gasteiger partial charge in [-0.25, -0.2) is 0 Å². The number of amides is 1. The first kappa shape index (κ1) is 16.3. The minimum Gasteiger partial charge on any atom is -0.361 e. The van der Waals surface area contributed by atoms with Crippen molar-refractivity contribution in [2.75, 3.05) is 46.3 Å². The monoisotopic (exact) mass is 294 g/mol. The second-order valence-corrected chi connectivity index (χ2v) is 6.18. The Morgan fingerprint density at radius 1 is 1.38 bits per heavy atom. The van der Waals surface area contributed by atoms with E-state index in [0.717, 1.165) is 45.7 Å². The van der Waals surface area contributed by atoms with Crippen LogP contribution in [-0.4, -0.2) is 78.8 Å². The lowest BCUT2D eigenvalue weighted by atomic mass is 9.95. The normalized spacial score (nSPS) is 24.9. The molecule has 1 saturated heterocycles. The zero-order valence-corrected chi connectivity index (χ0v) is 14.0. The number of likely N-dealkylation sites (tertiary alicyclic amines) is 1. The largest absolute Gasteiger partial charge is 0.361 e. The van der Waals surface area contributed by atoms with E-state index < -0.39 is 0 Å². The molecule has 120 valence electrons. The summed E-state index contributed by atoms with van der Waals surface area (Å²) in [7, 11) is 2.13. The Kier molecular flexibility index (Phi) is 5.62. The molecule has 0 spiro atoms.